The van der Waals surface area contributed by atoms with Crippen LogP contribution in [0.15, 0.2) is 64.4 Å². The first kappa shape index (κ1) is 23.8. The number of carbonyl (C=O) groups is 1. The van der Waals surface area contributed by atoms with Crippen LogP contribution in [0.5, 0.6) is 0 Å². The molecule has 4 aromatic rings. The fraction of sp³-hybridized carbons (Fsp3) is 0.360. The summed E-state index contributed by atoms with van der Waals surface area (Å²) < 4.78 is 7.41. The lowest BCUT2D eigenvalue weighted by Gasteiger charge is -2.16. The molecule has 4 rings (SSSR count). The van der Waals surface area contributed by atoms with Crippen LogP contribution >= 0.6 is 11.8 Å². The summed E-state index contributed by atoms with van der Waals surface area (Å²) in [4.78, 5) is 14.4. The summed E-state index contributed by atoms with van der Waals surface area (Å²) in [6.07, 6.45) is 5.66. The monoisotopic (exact) mass is 478 g/mol. The van der Waals surface area contributed by atoms with Crippen molar-refractivity contribution >= 4 is 17.7 Å². The van der Waals surface area contributed by atoms with Crippen LogP contribution in [0.1, 0.15) is 31.9 Å². The van der Waals surface area contributed by atoms with Gasteiger partial charge in [0, 0.05) is 31.4 Å². The van der Waals surface area contributed by atoms with E-state index in [1.54, 1.807) is 11.2 Å². The maximum Gasteiger partial charge on any atom is 0.232 e. The van der Waals surface area contributed by atoms with E-state index in [2.05, 4.69) is 38.6 Å². The van der Waals surface area contributed by atoms with Crippen LogP contribution < -0.4 is 0 Å². The van der Waals surface area contributed by atoms with Gasteiger partial charge in [0.05, 0.1) is 17.7 Å². The van der Waals surface area contributed by atoms with Crippen LogP contribution in [-0.2, 0) is 17.8 Å². The molecule has 0 bridgehead atoms. The number of nitrogens with one attached hydrogen (secondary N) is 1. The third kappa shape index (κ3) is 5.96. The van der Waals surface area contributed by atoms with E-state index in [1.807, 2.05) is 48.9 Å². The molecule has 0 aliphatic heterocycles. The number of benzene rings is 1. The van der Waals surface area contributed by atoms with E-state index in [0.717, 1.165) is 54.3 Å². The largest absolute Gasteiger partial charge is 0.461 e. The highest BCUT2D eigenvalue weighted by molar-refractivity contribution is 7.99. The topological polar surface area (TPSA) is 92.8 Å². The van der Waals surface area contributed by atoms with Crippen molar-refractivity contribution in [3.8, 4) is 22.8 Å². The second-order valence-electron chi connectivity index (χ2n) is 8.09. The number of rotatable bonds is 12. The smallest absolute Gasteiger partial charge is 0.232 e. The molecule has 0 aliphatic carbocycles. The Morgan fingerprint density at radius 1 is 1.12 bits per heavy atom. The SMILES string of the molecule is CCn1c(SCC(=O)N(C)CCCCCc2cc(-c3ccccc3)n[nH]2)nnc1-c1ccco1. The van der Waals surface area contributed by atoms with Gasteiger partial charge in [-0.3, -0.25) is 14.5 Å². The number of amides is 1. The highest BCUT2D eigenvalue weighted by atomic mass is 32.2. The highest BCUT2D eigenvalue weighted by Gasteiger charge is 2.17. The fourth-order valence-corrected chi connectivity index (χ4v) is 4.66. The zero-order chi connectivity index (χ0) is 23.8. The van der Waals surface area contributed by atoms with Gasteiger partial charge in [0.25, 0.3) is 0 Å². The van der Waals surface area contributed by atoms with Gasteiger partial charge < -0.3 is 9.32 Å². The molecule has 0 fully saturated rings. The van der Waals surface area contributed by atoms with Crippen LogP contribution in [0.25, 0.3) is 22.8 Å². The Hall–Kier alpha value is -3.33. The van der Waals surface area contributed by atoms with Gasteiger partial charge in [-0.2, -0.15) is 5.10 Å². The predicted octanol–water partition coefficient (Wildman–Crippen LogP) is 4.91. The highest BCUT2D eigenvalue weighted by Crippen LogP contribution is 2.24. The molecule has 0 saturated carbocycles. The zero-order valence-corrected chi connectivity index (χ0v) is 20.4. The molecule has 178 valence electrons. The number of H-pyrrole nitrogens is 1. The third-order valence-corrected chi connectivity index (χ3v) is 6.62. The van der Waals surface area contributed by atoms with Crippen molar-refractivity contribution in [3.63, 3.8) is 0 Å². The molecule has 8 nitrogen and oxygen atoms in total. The quantitative estimate of drug-likeness (QED) is 0.230. The minimum Gasteiger partial charge on any atom is -0.461 e. The molecule has 0 atom stereocenters. The van der Waals surface area contributed by atoms with Crippen molar-refractivity contribution in [2.75, 3.05) is 19.3 Å². The number of aryl methyl sites for hydroxylation is 1. The molecule has 0 radical (unpaired) electrons. The van der Waals surface area contributed by atoms with Crippen LogP contribution in [0.4, 0.5) is 0 Å². The van der Waals surface area contributed by atoms with Gasteiger partial charge in [0.2, 0.25) is 5.91 Å². The average Bonchev–Trinajstić information content (AvgIpc) is 3.63. The number of furan rings is 1. The number of carbonyl (C=O) groups excluding carboxylic acids is 1. The maximum absolute atomic E-state index is 12.6. The summed E-state index contributed by atoms with van der Waals surface area (Å²) in [5.41, 5.74) is 3.25. The van der Waals surface area contributed by atoms with E-state index < -0.39 is 0 Å². The molecule has 1 N–H and O–H groups in total. The van der Waals surface area contributed by atoms with E-state index in [4.69, 9.17) is 4.42 Å². The molecule has 1 aromatic carbocycles. The first-order chi connectivity index (χ1) is 16.7. The Labute approximate surface area is 203 Å². The second-order valence-corrected chi connectivity index (χ2v) is 9.03. The van der Waals surface area contributed by atoms with Crippen molar-refractivity contribution in [1.82, 2.24) is 29.9 Å². The molecule has 0 spiro atoms. The van der Waals surface area contributed by atoms with Gasteiger partial charge in [0.1, 0.15) is 0 Å². The number of aromatic amines is 1. The zero-order valence-electron chi connectivity index (χ0n) is 19.6. The van der Waals surface area contributed by atoms with Crippen LogP contribution in [0.2, 0.25) is 0 Å². The molecule has 9 heteroatoms. The number of aromatic nitrogens is 5. The first-order valence-corrected chi connectivity index (χ1v) is 12.6. The molecule has 0 unspecified atom stereocenters. The molecule has 0 saturated heterocycles. The van der Waals surface area contributed by atoms with Crippen LogP contribution in [0, 0.1) is 0 Å². The van der Waals surface area contributed by atoms with E-state index in [-0.39, 0.29) is 5.91 Å². The predicted molar refractivity (Wildman–Crippen MR) is 133 cm³/mol. The van der Waals surface area contributed by atoms with Gasteiger partial charge in [-0.05, 0) is 44.4 Å². The van der Waals surface area contributed by atoms with E-state index in [9.17, 15) is 4.79 Å². The number of thioether (sulfide) groups is 1. The lowest BCUT2D eigenvalue weighted by molar-refractivity contribution is -0.127. The Balaban J connectivity index is 1.16. The summed E-state index contributed by atoms with van der Waals surface area (Å²) in [6, 6.07) is 16.0. The Bertz CT molecular complexity index is 1170. The summed E-state index contributed by atoms with van der Waals surface area (Å²) in [6.45, 7) is 3.48. The number of hydrogen-bond donors (Lipinski definition) is 1. The standard InChI is InChI=1S/C25H30N6O2S/c1-3-31-24(22-14-10-16-33-22)28-29-25(31)34-18-23(32)30(2)15-9-5-8-13-20-17-21(27-26-20)19-11-6-4-7-12-19/h4,6-7,10-12,14,16-17H,3,5,8-9,13,15,18H2,1-2H3,(H,26,27). The van der Waals surface area contributed by atoms with Crippen molar-refractivity contribution in [3.05, 3.63) is 60.5 Å². The van der Waals surface area contributed by atoms with Gasteiger partial charge in [-0.15, -0.1) is 10.2 Å². The number of nitrogens with zero attached hydrogens (tertiary/aromatic N) is 5. The lowest BCUT2D eigenvalue weighted by Crippen LogP contribution is -2.29. The summed E-state index contributed by atoms with van der Waals surface area (Å²) >= 11 is 1.41. The van der Waals surface area contributed by atoms with Crippen LogP contribution in [-0.4, -0.2) is 55.1 Å². The van der Waals surface area contributed by atoms with E-state index >= 15 is 0 Å². The Morgan fingerprint density at radius 3 is 2.74 bits per heavy atom. The van der Waals surface area contributed by atoms with Crippen molar-refractivity contribution in [1.29, 1.82) is 0 Å². The normalized spacial score (nSPS) is 11.1. The van der Waals surface area contributed by atoms with E-state index in [1.165, 1.54) is 11.8 Å². The summed E-state index contributed by atoms with van der Waals surface area (Å²) in [5.74, 6) is 1.79. The average molecular weight is 479 g/mol. The molecule has 34 heavy (non-hydrogen) atoms. The van der Waals surface area contributed by atoms with Gasteiger partial charge in [0.15, 0.2) is 16.7 Å². The number of hydrogen-bond acceptors (Lipinski definition) is 6. The van der Waals surface area contributed by atoms with Gasteiger partial charge in [-0.25, -0.2) is 0 Å². The maximum atomic E-state index is 12.6. The summed E-state index contributed by atoms with van der Waals surface area (Å²) in [7, 11) is 1.86. The molecule has 3 heterocycles. The lowest BCUT2D eigenvalue weighted by atomic mass is 10.1. The number of unbranched alkanes of at least 4 members (excludes halogenated alkanes) is 2. The van der Waals surface area contributed by atoms with Crippen molar-refractivity contribution in [2.45, 2.75) is 44.3 Å². The molecule has 0 aliphatic rings. The first-order valence-electron chi connectivity index (χ1n) is 11.6. The van der Waals surface area contributed by atoms with Crippen molar-refractivity contribution in [2.24, 2.45) is 0 Å². The molecule has 3 aromatic heterocycles. The van der Waals surface area contributed by atoms with Crippen molar-refractivity contribution < 1.29 is 9.21 Å². The van der Waals surface area contributed by atoms with Gasteiger partial charge >= 0.3 is 0 Å². The minimum absolute atomic E-state index is 0.0938. The Kier molecular flexibility index (Phi) is 8.19. The van der Waals surface area contributed by atoms with Gasteiger partial charge in [-0.1, -0.05) is 48.5 Å². The summed E-state index contributed by atoms with van der Waals surface area (Å²) in [5, 5.41) is 16.8. The van der Waals surface area contributed by atoms with Crippen LogP contribution in [0.3, 0.4) is 0 Å². The third-order valence-electron chi connectivity index (χ3n) is 5.67. The minimum atomic E-state index is 0.0938. The molecule has 1 amide bonds. The Morgan fingerprint density at radius 2 is 1.97 bits per heavy atom. The second kappa shape index (κ2) is 11.7. The molecular formula is C25H30N6O2S. The molecular weight excluding hydrogens is 448 g/mol. The van der Waals surface area contributed by atoms with E-state index in [0.29, 0.717) is 23.9 Å². The fourth-order valence-electron chi connectivity index (χ4n) is 3.72.